The van der Waals surface area contributed by atoms with Crippen LogP contribution in [0.25, 0.3) is 0 Å². The maximum absolute atomic E-state index is 13.1. The molecule has 3 aromatic rings. The van der Waals surface area contributed by atoms with Gasteiger partial charge in [-0.2, -0.15) is 4.31 Å². The molecule has 2 N–H and O–H groups in total. The van der Waals surface area contributed by atoms with Gasteiger partial charge < -0.3 is 15.4 Å². The average Bonchev–Trinajstić information content (AvgIpc) is 2.88. The highest BCUT2D eigenvalue weighted by Crippen LogP contribution is 2.21. The van der Waals surface area contributed by atoms with E-state index in [9.17, 15) is 18.0 Å². The summed E-state index contributed by atoms with van der Waals surface area (Å²) >= 11 is 0. The van der Waals surface area contributed by atoms with Crippen LogP contribution < -0.4 is 10.5 Å². The maximum Gasteiger partial charge on any atom is 0.253 e. The number of ether oxygens (including phenoxy) is 1. The van der Waals surface area contributed by atoms with Crippen molar-refractivity contribution < 1.29 is 22.7 Å². The zero-order valence-corrected chi connectivity index (χ0v) is 19.3. The van der Waals surface area contributed by atoms with Crippen LogP contribution in [-0.2, 0) is 16.6 Å². The van der Waals surface area contributed by atoms with Gasteiger partial charge in [0.2, 0.25) is 10.0 Å². The summed E-state index contributed by atoms with van der Waals surface area (Å²) in [4.78, 5) is 26.5. The molecule has 0 aliphatic carbocycles. The first-order valence-corrected chi connectivity index (χ1v) is 12.3. The van der Waals surface area contributed by atoms with Gasteiger partial charge in [-0.05, 0) is 42.0 Å². The first kappa shape index (κ1) is 23.5. The second kappa shape index (κ2) is 10.1. The van der Waals surface area contributed by atoms with Crippen LogP contribution in [0.3, 0.4) is 0 Å². The Morgan fingerprint density at radius 1 is 0.853 bits per heavy atom. The van der Waals surface area contributed by atoms with Crippen molar-refractivity contribution in [2.45, 2.75) is 11.5 Å². The summed E-state index contributed by atoms with van der Waals surface area (Å²) in [5.41, 5.74) is 6.93. The fraction of sp³-hybridized carbons (Fsp3) is 0.200. The van der Waals surface area contributed by atoms with E-state index in [1.807, 2.05) is 6.07 Å². The van der Waals surface area contributed by atoms with Gasteiger partial charge in [0.05, 0.1) is 10.5 Å². The van der Waals surface area contributed by atoms with Crippen LogP contribution in [0, 0.1) is 0 Å². The average molecular weight is 480 g/mol. The van der Waals surface area contributed by atoms with E-state index in [1.165, 1.54) is 4.31 Å². The molecule has 2 amide bonds. The molecule has 0 aromatic heterocycles. The minimum atomic E-state index is -3.58. The SMILES string of the molecule is NC(=O)c1ccccc1OCc1cccc(C(=O)N2CCN(S(=O)(=O)c3ccccc3)CC2)c1. The summed E-state index contributed by atoms with van der Waals surface area (Å²) < 4.78 is 32.8. The minimum Gasteiger partial charge on any atom is -0.488 e. The molecule has 176 valence electrons. The Morgan fingerprint density at radius 3 is 2.24 bits per heavy atom. The van der Waals surface area contributed by atoms with Gasteiger partial charge >= 0.3 is 0 Å². The van der Waals surface area contributed by atoms with Gasteiger partial charge in [0.15, 0.2) is 0 Å². The summed E-state index contributed by atoms with van der Waals surface area (Å²) in [6.07, 6.45) is 0. The number of carbonyl (C=O) groups excluding carboxylic acids is 2. The smallest absolute Gasteiger partial charge is 0.253 e. The van der Waals surface area contributed by atoms with Crippen molar-refractivity contribution in [2.24, 2.45) is 5.73 Å². The molecule has 9 heteroatoms. The van der Waals surface area contributed by atoms with Crippen LogP contribution in [0.15, 0.2) is 83.8 Å². The van der Waals surface area contributed by atoms with Gasteiger partial charge in [0.1, 0.15) is 12.4 Å². The molecule has 0 spiro atoms. The van der Waals surface area contributed by atoms with E-state index in [0.717, 1.165) is 5.56 Å². The monoisotopic (exact) mass is 479 g/mol. The normalized spacial score (nSPS) is 14.5. The predicted molar refractivity (Wildman–Crippen MR) is 127 cm³/mol. The van der Waals surface area contributed by atoms with Crippen molar-refractivity contribution in [2.75, 3.05) is 26.2 Å². The second-order valence-electron chi connectivity index (χ2n) is 7.86. The lowest BCUT2D eigenvalue weighted by Crippen LogP contribution is -2.50. The van der Waals surface area contributed by atoms with E-state index in [0.29, 0.717) is 24.4 Å². The zero-order chi connectivity index (χ0) is 24.1. The molecule has 1 saturated heterocycles. The molecule has 8 nitrogen and oxygen atoms in total. The molecule has 0 atom stereocenters. The van der Waals surface area contributed by atoms with E-state index in [4.69, 9.17) is 10.5 Å². The Morgan fingerprint density at radius 2 is 1.53 bits per heavy atom. The third-order valence-electron chi connectivity index (χ3n) is 5.63. The Balaban J connectivity index is 1.39. The number of primary amides is 1. The molecule has 3 aromatic carbocycles. The quantitative estimate of drug-likeness (QED) is 0.560. The van der Waals surface area contributed by atoms with Crippen LogP contribution >= 0.6 is 0 Å². The first-order valence-electron chi connectivity index (χ1n) is 10.8. The lowest BCUT2D eigenvalue weighted by molar-refractivity contribution is 0.0697. The van der Waals surface area contributed by atoms with Crippen LogP contribution in [0.1, 0.15) is 26.3 Å². The molecule has 1 aliphatic heterocycles. The number of rotatable bonds is 7. The van der Waals surface area contributed by atoms with E-state index >= 15 is 0 Å². The zero-order valence-electron chi connectivity index (χ0n) is 18.5. The van der Waals surface area contributed by atoms with Gasteiger partial charge in [0.25, 0.3) is 11.8 Å². The molecule has 0 unspecified atom stereocenters. The lowest BCUT2D eigenvalue weighted by Gasteiger charge is -2.34. The summed E-state index contributed by atoms with van der Waals surface area (Å²) in [7, 11) is -3.58. The molecule has 0 saturated carbocycles. The molecule has 0 bridgehead atoms. The van der Waals surface area contributed by atoms with Crippen molar-refractivity contribution in [3.8, 4) is 5.75 Å². The number of hydrogen-bond acceptors (Lipinski definition) is 5. The predicted octanol–water partition coefficient (Wildman–Crippen LogP) is 2.51. The fourth-order valence-corrected chi connectivity index (χ4v) is 5.25. The number of nitrogens with two attached hydrogens (primary N) is 1. The minimum absolute atomic E-state index is 0.161. The van der Waals surface area contributed by atoms with E-state index in [1.54, 1.807) is 77.7 Å². The molecule has 0 radical (unpaired) electrons. The number of sulfonamides is 1. The molecule has 1 heterocycles. The molecular formula is C25H25N3O5S. The Kier molecular flexibility index (Phi) is 6.95. The second-order valence-corrected chi connectivity index (χ2v) is 9.80. The van der Waals surface area contributed by atoms with Crippen molar-refractivity contribution in [3.05, 3.63) is 95.6 Å². The number of piperazine rings is 1. The van der Waals surface area contributed by atoms with Gasteiger partial charge in [-0.3, -0.25) is 9.59 Å². The standard InChI is InChI=1S/C25H25N3O5S/c26-24(29)22-11-4-5-12-23(22)33-18-19-7-6-8-20(17-19)25(30)27-13-15-28(16-14-27)34(31,32)21-9-2-1-3-10-21/h1-12,17H,13-16,18H2,(H2,26,29). The van der Waals surface area contributed by atoms with E-state index in [-0.39, 0.29) is 36.1 Å². The Bertz CT molecular complexity index is 1290. The van der Waals surface area contributed by atoms with Gasteiger partial charge in [-0.25, -0.2) is 8.42 Å². The van der Waals surface area contributed by atoms with Crippen LogP contribution in [0.2, 0.25) is 0 Å². The van der Waals surface area contributed by atoms with Crippen LogP contribution in [0.4, 0.5) is 0 Å². The summed E-state index contributed by atoms with van der Waals surface area (Å²) in [5.74, 6) is -0.369. The van der Waals surface area contributed by atoms with Gasteiger partial charge in [-0.15, -0.1) is 0 Å². The Labute approximate surface area is 198 Å². The number of benzene rings is 3. The van der Waals surface area contributed by atoms with E-state index in [2.05, 4.69) is 0 Å². The molecule has 1 aliphatic rings. The Hall–Kier alpha value is -3.69. The number of hydrogen-bond donors (Lipinski definition) is 1. The maximum atomic E-state index is 13.1. The highest BCUT2D eigenvalue weighted by Gasteiger charge is 2.30. The first-order chi connectivity index (χ1) is 16.4. The largest absolute Gasteiger partial charge is 0.488 e. The third-order valence-corrected chi connectivity index (χ3v) is 7.54. The number of nitrogens with zero attached hydrogens (tertiary/aromatic N) is 2. The highest BCUT2D eigenvalue weighted by atomic mass is 32.2. The van der Waals surface area contributed by atoms with Crippen molar-refractivity contribution in [3.63, 3.8) is 0 Å². The highest BCUT2D eigenvalue weighted by molar-refractivity contribution is 7.89. The molecule has 1 fully saturated rings. The third kappa shape index (κ3) is 5.11. The summed E-state index contributed by atoms with van der Waals surface area (Å²) in [6, 6.07) is 22.1. The van der Waals surface area contributed by atoms with E-state index < -0.39 is 15.9 Å². The number of amides is 2. The van der Waals surface area contributed by atoms with Gasteiger partial charge in [-0.1, -0.05) is 42.5 Å². The molecule has 4 rings (SSSR count). The van der Waals surface area contributed by atoms with Crippen molar-refractivity contribution in [1.29, 1.82) is 0 Å². The summed E-state index contributed by atoms with van der Waals surface area (Å²) in [6.45, 7) is 1.23. The fourth-order valence-electron chi connectivity index (χ4n) is 3.81. The van der Waals surface area contributed by atoms with Crippen LogP contribution in [0.5, 0.6) is 5.75 Å². The topological polar surface area (TPSA) is 110 Å². The van der Waals surface area contributed by atoms with Crippen LogP contribution in [-0.4, -0.2) is 55.6 Å². The number of carbonyl (C=O) groups is 2. The molecule has 34 heavy (non-hydrogen) atoms. The molecular weight excluding hydrogens is 454 g/mol. The van der Waals surface area contributed by atoms with Crippen molar-refractivity contribution in [1.82, 2.24) is 9.21 Å². The number of para-hydroxylation sites is 1. The summed E-state index contributed by atoms with van der Waals surface area (Å²) in [5, 5.41) is 0. The van der Waals surface area contributed by atoms with Crippen molar-refractivity contribution >= 4 is 21.8 Å². The lowest BCUT2D eigenvalue weighted by atomic mass is 10.1. The van der Waals surface area contributed by atoms with Gasteiger partial charge in [0, 0.05) is 31.7 Å².